The number of rotatable bonds is 4. The van der Waals surface area contributed by atoms with Crippen molar-refractivity contribution >= 4 is 41.5 Å². The normalized spacial score (nSPS) is 16.4. The van der Waals surface area contributed by atoms with E-state index in [1.807, 2.05) is 37.1 Å². The van der Waals surface area contributed by atoms with Crippen molar-refractivity contribution in [2.45, 2.75) is 19.4 Å². The topological polar surface area (TPSA) is 77.8 Å². The molecule has 0 radical (unpaired) electrons. The molecule has 2 aliphatic heterocycles. The number of aromatic nitrogens is 2. The van der Waals surface area contributed by atoms with Crippen LogP contribution in [0.5, 0.6) is 11.5 Å². The second-order valence-electron chi connectivity index (χ2n) is 8.59. The Labute approximate surface area is 219 Å². The number of nitrogens with one attached hydrogen (secondary N) is 1. The number of methoxy groups -OCH3 is 1. The van der Waals surface area contributed by atoms with Crippen LogP contribution in [0.4, 0.5) is 0 Å². The Balaban J connectivity index is 0.00000289. The second-order valence-corrected chi connectivity index (χ2v) is 9.44. The van der Waals surface area contributed by atoms with Gasteiger partial charge >= 0.3 is 0 Å². The Morgan fingerprint density at radius 2 is 1.89 bits per heavy atom. The number of fused-ring (bicyclic) bond motifs is 3. The standard InChI is InChI=1S/C24H24Cl2N4O4.ClH/c1-24(2)20-21(23(31)28-29-8-10-33-11-9-29)27-30(18-7-4-14(25)12-17(18)26)22(20)16-6-5-15(32-3)13-19(16)34-24;/h4-7,12-13H,8-11H2,1-3H3,(H,28,31);1H. The first kappa shape index (κ1) is 25.6. The Morgan fingerprint density at radius 1 is 1.14 bits per heavy atom. The van der Waals surface area contributed by atoms with Gasteiger partial charge in [-0.3, -0.25) is 10.2 Å². The fourth-order valence-corrected chi connectivity index (χ4v) is 4.82. The lowest BCUT2D eigenvalue weighted by Crippen LogP contribution is -2.49. The molecule has 1 amide bonds. The maximum Gasteiger partial charge on any atom is 0.286 e. The van der Waals surface area contributed by atoms with Gasteiger partial charge in [0.05, 0.1) is 42.3 Å². The monoisotopic (exact) mass is 538 g/mol. The molecule has 11 heteroatoms. The molecule has 1 fully saturated rings. The number of halogens is 3. The van der Waals surface area contributed by atoms with Gasteiger partial charge < -0.3 is 14.2 Å². The highest BCUT2D eigenvalue weighted by atomic mass is 35.5. The molecule has 1 saturated heterocycles. The van der Waals surface area contributed by atoms with Crippen LogP contribution in [0, 0.1) is 0 Å². The molecule has 0 bridgehead atoms. The van der Waals surface area contributed by atoms with Crippen LogP contribution in [-0.2, 0) is 10.3 Å². The van der Waals surface area contributed by atoms with Crippen LogP contribution in [0.25, 0.3) is 16.9 Å². The molecule has 0 aliphatic carbocycles. The van der Waals surface area contributed by atoms with Gasteiger partial charge in [0.25, 0.3) is 5.91 Å². The van der Waals surface area contributed by atoms with Gasteiger partial charge in [0.2, 0.25) is 0 Å². The van der Waals surface area contributed by atoms with Gasteiger partial charge in [-0.25, -0.2) is 9.69 Å². The molecule has 3 heterocycles. The Bertz CT molecular complexity index is 1270. The van der Waals surface area contributed by atoms with Crippen molar-refractivity contribution in [3.8, 4) is 28.4 Å². The van der Waals surface area contributed by atoms with Crippen LogP contribution in [0.1, 0.15) is 29.9 Å². The minimum absolute atomic E-state index is 0. The summed E-state index contributed by atoms with van der Waals surface area (Å²) in [6.45, 7) is 6.12. The highest BCUT2D eigenvalue weighted by molar-refractivity contribution is 6.35. The zero-order valence-corrected chi connectivity index (χ0v) is 21.8. The van der Waals surface area contributed by atoms with Gasteiger partial charge in [0.15, 0.2) is 5.69 Å². The summed E-state index contributed by atoms with van der Waals surface area (Å²) in [7, 11) is 1.60. The quantitative estimate of drug-likeness (QED) is 0.509. The van der Waals surface area contributed by atoms with Crippen molar-refractivity contribution in [1.82, 2.24) is 20.2 Å². The molecular weight excluding hydrogens is 515 g/mol. The molecule has 1 N–H and O–H groups in total. The van der Waals surface area contributed by atoms with E-state index in [1.54, 1.807) is 30.0 Å². The van der Waals surface area contributed by atoms with Crippen LogP contribution in [0.15, 0.2) is 36.4 Å². The van der Waals surface area contributed by atoms with E-state index in [0.717, 1.165) is 11.3 Å². The molecular formula is C24H25Cl3N4O4. The van der Waals surface area contributed by atoms with Crippen LogP contribution >= 0.6 is 35.6 Å². The van der Waals surface area contributed by atoms with Gasteiger partial charge in [-0.05, 0) is 44.2 Å². The number of hydrogen-bond acceptors (Lipinski definition) is 6. The summed E-state index contributed by atoms with van der Waals surface area (Å²) in [6.07, 6.45) is 0. The third kappa shape index (κ3) is 4.69. The first-order chi connectivity index (χ1) is 16.3. The van der Waals surface area contributed by atoms with Gasteiger partial charge in [0, 0.05) is 29.7 Å². The van der Waals surface area contributed by atoms with E-state index in [0.29, 0.717) is 59.1 Å². The number of carbonyl (C=O) groups is 1. The average Bonchev–Trinajstić information content (AvgIpc) is 3.21. The van der Waals surface area contributed by atoms with Gasteiger partial charge in [0.1, 0.15) is 17.1 Å². The minimum Gasteiger partial charge on any atom is -0.497 e. The number of hydrazine groups is 1. The summed E-state index contributed by atoms with van der Waals surface area (Å²) >= 11 is 12.7. The number of morpholine rings is 1. The molecule has 1 aromatic heterocycles. The van der Waals surface area contributed by atoms with Crippen molar-refractivity contribution in [2.24, 2.45) is 0 Å². The molecule has 8 nitrogen and oxygen atoms in total. The maximum absolute atomic E-state index is 13.5. The lowest BCUT2D eigenvalue weighted by Gasteiger charge is -2.34. The smallest absolute Gasteiger partial charge is 0.286 e. The maximum atomic E-state index is 13.5. The Kier molecular flexibility index (Phi) is 7.22. The molecule has 3 aromatic rings. The van der Waals surface area contributed by atoms with E-state index in [-0.39, 0.29) is 24.0 Å². The SMILES string of the molecule is COc1ccc2c(c1)OC(C)(C)c1c(C(=O)NN3CCOCC3)nn(-c3ccc(Cl)cc3Cl)c1-2.Cl. The molecule has 5 rings (SSSR count). The fourth-order valence-electron chi connectivity index (χ4n) is 4.33. The van der Waals surface area contributed by atoms with Crippen molar-refractivity contribution in [3.05, 3.63) is 57.7 Å². The molecule has 35 heavy (non-hydrogen) atoms. The van der Waals surface area contributed by atoms with E-state index in [4.69, 9.17) is 42.5 Å². The molecule has 2 aromatic carbocycles. The Morgan fingerprint density at radius 3 is 2.57 bits per heavy atom. The van der Waals surface area contributed by atoms with Crippen LogP contribution in [0.3, 0.4) is 0 Å². The highest BCUT2D eigenvalue weighted by Crippen LogP contribution is 2.48. The van der Waals surface area contributed by atoms with E-state index in [1.165, 1.54) is 0 Å². The summed E-state index contributed by atoms with van der Waals surface area (Å²) in [6, 6.07) is 10.7. The molecule has 2 aliphatic rings. The minimum atomic E-state index is -0.858. The number of amides is 1. The van der Waals surface area contributed by atoms with Crippen molar-refractivity contribution in [3.63, 3.8) is 0 Å². The summed E-state index contributed by atoms with van der Waals surface area (Å²) in [5.74, 6) is 0.970. The third-order valence-corrected chi connectivity index (χ3v) is 6.46. The average molecular weight is 540 g/mol. The largest absolute Gasteiger partial charge is 0.497 e. The van der Waals surface area contributed by atoms with Crippen LogP contribution < -0.4 is 14.9 Å². The highest BCUT2D eigenvalue weighted by Gasteiger charge is 2.42. The first-order valence-electron chi connectivity index (χ1n) is 10.9. The number of nitrogens with zero attached hydrogens (tertiary/aromatic N) is 3. The summed E-state index contributed by atoms with van der Waals surface area (Å²) in [5, 5.41) is 7.52. The third-order valence-electron chi connectivity index (χ3n) is 5.92. The number of hydrogen-bond donors (Lipinski definition) is 1. The van der Waals surface area contributed by atoms with Crippen LogP contribution in [-0.4, -0.2) is 54.1 Å². The number of carbonyl (C=O) groups excluding carboxylic acids is 1. The summed E-state index contributed by atoms with van der Waals surface area (Å²) in [5.41, 5.74) is 5.14. The zero-order chi connectivity index (χ0) is 24.0. The predicted octanol–water partition coefficient (Wildman–Crippen LogP) is 4.88. The summed E-state index contributed by atoms with van der Waals surface area (Å²) in [4.78, 5) is 13.5. The summed E-state index contributed by atoms with van der Waals surface area (Å²) < 4.78 is 18.8. The van der Waals surface area contributed by atoms with Gasteiger partial charge in [-0.1, -0.05) is 23.2 Å². The molecule has 186 valence electrons. The zero-order valence-electron chi connectivity index (χ0n) is 19.4. The second kappa shape index (κ2) is 9.87. The van der Waals surface area contributed by atoms with Crippen LogP contribution in [0.2, 0.25) is 10.0 Å². The van der Waals surface area contributed by atoms with Crippen molar-refractivity contribution < 1.29 is 19.0 Å². The van der Waals surface area contributed by atoms with Crippen molar-refractivity contribution in [1.29, 1.82) is 0 Å². The van der Waals surface area contributed by atoms with Crippen molar-refractivity contribution in [2.75, 3.05) is 33.4 Å². The fraction of sp³-hybridized carbons (Fsp3) is 0.333. The van der Waals surface area contributed by atoms with E-state index in [9.17, 15) is 4.79 Å². The molecule has 0 saturated carbocycles. The van der Waals surface area contributed by atoms with E-state index < -0.39 is 5.60 Å². The number of benzene rings is 2. The van der Waals surface area contributed by atoms with Gasteiger partial charge in [-0.15, -0.1) is 12.4 Å². The first-order valence-corrected chi connectivity index (χ1v) is 11.6. The molecule has 0 unspecified atom stereocenters. The van der Waals surface area contributed by atoms with E-state index in [2.05, 4.69) is 5.43 Å². The Hall–Kier alpha value is -2.49. The predicted molar refractivity (Wildman–Crippen MR) is 136 cm³/mol. The van der Waals surface area contributed by atoms with Gasteiger partial charge in [-0.2, -0.15) is 5.10 Å². The number of ether oxygens (including phenoxy) is 3. The van der Waals surface area contributed by atoms with E-state index >= 15 is 0 Å². The molecule has 0 spiro atoms. The lowest BCUT2D eigenvalue weighted by molar-refractivity contribution is 0.0121. The molecule has 0 atom stereocenters. The lowest BCUT2D eigenvalue weighted by atomic mass is 9.88.